The average molecular weight is 266 g/mol. The van der Waals surface area contributed by atoms with E-state index in [0.717, 1.165) is 0 Å². The molecule has 102 valence electrons. The van der Waals surface area contributed by atoms with Crippen molar-refractivity contribution in [1.82, 2.24) is 10.2 Å². The number of carbonyl (C=O) groups excluding carboxylic acids is 1. The van der Waals surface area contributed by atoms with Crippen molar-refractivity contribution in [2.45, 2.75) is 26.4 Å². The number of benzene rings is 1. The van der Waals surface area contributed by atoms with Crippen LogP contribution in [0.5, 0.6) is 5.75 Å². The van der Waals surface area contributed by atoms with E-state index in [1.807, 2.05) is 0 Å². The molecular weight excluding hydrogens is 251 g/mol. The second-order valence-electron chi connectivity index (χ2n) is 5.11. The third-order valence-corrected chi connectivity index (χ3v) is 2.26. The van der Waals surface area contributed by atoms with Gasteiger partial charge < -0.3 is 9.47 Å². The molecule has 19 heavy (non-hydrogen) atoms. The molecule has 0 bridgehead atoms. The maximum Gasteiger partial charge on any atom is 0.344 e. The third-order valence-electron chi connectivity index (χ3n) is 2.26. The van der Waals surface area contributed by atoms with Crippen molar-refractivity contribution < 1.29 is 18.7 Å². The summed E-state index contributed by atoms with van der Waals surface area (Å²) in [5.41, 5.74) is -0.0573. The molecule has 2 rings (SSSR count). The van der Waals surface area contributed by atoms with Gasteiger partial charge in [-0.05, 0) is 20.8 Å². The van der Waals surface area contributed by atoms with E-state index in [1.165, 1.54) is 12.3 Å². The van der Waals surface area contributed by atoms with Crippen LogP contribution in [0.3, 0.4) is 0 Å². The molecule has 0 unspecified atom stereocenters. The van der Waals surface area contributed by atoms with E-state index in [4.69, 9.17) is 9.47 Å². The van der Waals surface area contributed by atoms with Gasteiger partial charge in [0.1, 0.15) is 17.2 Å². The topological polar surface area (TPSA) is 64.2 Å². The van der Waals surface area contributed by atoms with Gasteiger partial charge in [0.2, 0.25) is 0 Å². The van der Waals surface area contributed by atoms with Gasteiger partial charge in [0.25, 0.3) is 0 Å². The molecule has 0 radical (unpaired) electrons. The highest BCUT2D eigenvalue weighted by atomic mass is 19.1. The number of nitrogens with one attached hydrogen (secondary N) is 1. The Kier molecular flexibility index (Phi) is 3.42. The van der Waals surface area contributed by atoms with Crippen molar-refractivity contribution in [2.24, 2.45) is 0 Å². The lowest BCUT2D eigenvalue weighted by atomic mass is 10.2. The molecule has 0 saturated heterocycles. The molecule has 0 saturated carbocycles. The maximum atomic E-state index is 13.6. The van der Waals surface area contributed by atoms with Crippen LogP contribution in [-0.2, 0) is 9.53 Å². The predicted molar refractivity (Wildman–Crippen MR) is 67.4 cm³/mol. The SMILES string of the molecule is CC(C)(C)OC(=O)COc1cc(F)c2cn[nH]c2c1. The van der Waals surface area contributed by atoms with Gasteiger partial charge in [-0.15, -0.1) is 0 Å². The van der Waals surface area contributed by atoms with E-state index < -0.39 is 17.4 Å². The van der Waals surface area contributed by atoms with Gasteiger partial charge in [0.05, 0.1) is 17.1 Å². The molecule has 0 atom stereocenters. The van der Waals surface area contributed by atoms with Gasteiger partial charge in [-0.25, -0.2) is 9.18 Å². The van der Waals surface area contributed by atoms with Crippen molar-refractivity contribution in [3.63, 3.8) is 0 Å². The summed E-state index contributed by atoms with van der Waals surface area (Å²) >= 11 is 0. The molecule has 0 amide bonds. The van der Waals surface area contributed by atoms with E-state index in [-0.39, 0.29) is 12.4 Å². The van der Waals surface area contributed by atoms with Gasteiger partial charge in [0, 0.05) is 12.1 Å². The fourth-order valence-electron chi connectivity index (χ4n) is 1.58. The number of rotatable bonds is 3. The highest BCUT2D eigenvalue weighted by Crippen LogP contribution is 2.22. The van der Waals surface area contributed by atoms with Crippen LogP contribution >= 0.6 is 0 Å². The molecule has 0 spiro atoms. The Hall–Kier alpha value is -2.11. The molecule has 2 aromatic rings. The monoisotopic (exact) mass is 266 g/mol. The second-order valence-corrected chi connectivity index (χ2v) is 5.11. The van der Waals surface area contributed by atoms with Crippen LogP contribution in [-0.4, -0.2) is 28.4 Å². The number of hydrogen-bond donors (Lipinski definition) is 1. The molecule has 0 aliphatic rings. The number of ether oxygens (including phenoxy) is 2. The Bertz CT molecular complexity index is 601. The largest absolute Gasteiger partial charge is 0.482 e. The summed E-state index contributed by atoms with van der Waals surface area (Å²) in [7, 11) is 0. The van der Waals surface area contributed by atoms with Gasteiger partial charge in [0.15, 0.2) is 6.61 Å². The number of esters is 1. The molecule has 1 aromatic carbocycles. The van der Waals surface area contributed by atoms with Crippen molar-refractivity contribution in [3.05, 3.63) is 24.1 Å². The minimum Gasteiger partial charge on any atom is -0.482 e. The fourth-order valence-corrected chi connectivity index (χ4v) is 1.58. The second kappa shape index (κ2) is 4.87. The molecule has 0 aliphatic heterocycles. The van der Waals surface area contributed by atoms with E-state index in [0.29, 0.717) is 10.9 Å². The van der Waals surface area contributed by atoms with Crippen LogP contribution in [0.15, 0.2) is 18.3 Å². The van der Waals surface area contributed by atoms with Gasteiger partial charge in [-0.2, -0.15) is 5.10 Å². The van der Waals surface area contributed by atoms with Crippen LogP contribution in [0.25, 0.3) is 10.9 Å². The zero-order valence-corrected chi connectivity index (χ0v) is 11.0. The van der Waals surface area contributed by atoms with E-state index in [2.05, 4.69) is 10.2 Å². The summed E-state index contributed by atoms with van der Waals surface area (Å²) in [5, 5.41) is 6.75. The zero-order valence-electron chi connectivity index (χ0n) is 11.0. The Labute approximate surface area is 109 Å². The van der Waals surface area contributed by atoms with E-state index >= 15 is 0 Å². The fraction of sp³-hybridized carbons (Fsp3) is 0.385. The van der Waals surface area contributed by atoms with Crippen LogP contribution in [0, 0.1) is 5.82 Å². The first-order valence-electron chi connectivity index (χ1n) is 5.82. The van der Waals surface area contributed by atoms with Crippen molar-refractivity contribution >= 4 is 16.9 Å². The highest BCUT2D eigenvalue weighted by Gasteiger charge is 2.17. The number of nitrogens with zero attached hydrogens (tertiary/aromatic N) is 1. The van der Waals surface area contributed by atoms with Crippen molar-refractivity contribution in [1.29, 1.82) is 0 Å². The number of fused-ring (bicyclic) bond motifs is 1. The molecule has 6 heteroatoms. The van der Waals surface area contributed by atoms with Crippen molar-refractivity contribution in [3.8, 4) is 5.75 Å². The summed E-state index contributed by atoms with van der Waals surface area (Å²) in [5.74, 6) is -0.705. The summed E-state index contributed by atoms with van der Waals surface area (Å²) in [4.78, 5) is 11.5. The maximum absolute atomic E-state index is 13.6. The average Bonchev–Trinajstić information content (AvgIpc) is 2.72. The summed E-state index contributed by atoms with van der Waals surface area (Å²) < 4.78 is 23.9. The molecular formula is C13H15FN2O3. The molecule has 0 fully saturated rings. The number of aromatic nitrogens is 2. The number of carbonyl (C=O) groups is 1. The molecule has 1 N–H and O–H groups in total. The Morgan fingerprint density at radius 3 is 2.84 bits per heavy atom. The quantitative estimate of drug-likeness (QED) is 0.866. The number of hydrogen-bond acceptors (Lipinski definition) is 4. The lowest BCUT2D eigenvalue weighted by Gasteiger charge is -2.19. The van der Waals surface area contributed by atoms with E-state index in [9.17, 15) is 9.18 Å². The summed E-state index contributed by atoms with van der Waals surface area (Å²) in [6.07, 6.45) is 1.39. The molecule has 1 aromatic heterocycles. The molecule has 1 heterocycles. The zero-order chi connectivity index (χ0) is 14.0. The molecule has 0 aliphatic carbocycles. The van der Waals surface area contributed by atoms with Crippen LogP contribution in [0.4, 0.5) is 4.39 Å². The van der Waals surface area contributed by atoms with E-state index in [1.54, 1.807) is 26.8 Å². The van der Waals surface area contributed by atoms with Crippen LogP contribution < -0.4 is 4.74 Å². The van der Waals surface area contributed by atoms with Crippen LogP contribution in [0.1, 0.15) is 20.8 Å². The minimum absolute atomic E-state index is 0.250. The number of halogens is 1. The van der Waals surface area contributed by atoms with Gasteiger partial charge >= 0.3 is 5.97 Å². The first kappa shape index (κ1) is 13.3. The summed E-state index contributed by atoms with van der Waals surface area (Å²) in [6.45, 7) is 5.03. The number of H-pyrrole nitrogens is 1. The third kappa shape index (κ3) is 3.43. The standard InChI is InChI=1S/C13H15FN2O3/c1-13(2,3)19-12(17)7-18-8-4-10(14)9-6-15-16-11(9)5-8/h4-6H,7H2,1-3H3,(H,15,16). The van der Waals surface area contributed by atoms with Gasteiger partial charge in [-0.3, -0.25) is 5.10 Å². The predicted octanol–water partition coefficient (Wildman–Crippen LogP) is 2.42. The normalized spacial score (nSPS) is 11.6. The van der Waals surface area contributed by atoms with Crippen molar-refractivity contribution in [2.75, 3.05) is 6.61 Å². The van der Waals surface area contributed by atoms with Gasteiger partial charge in [-0.1, -0.05) is 0 Å². The minimum atomic E-state index is -0.570. The lowest BCUT2D eigenvalue weighted by molar-refractivity contribution is -0.157. The highest BCUT2D eigenvalue weighted by molar-refractivity contribution is 5.80. The first-order valence-corrected chi connectivity index (χ1v) is 5.82. The summed E-state index contributed by atoms with van der Waals surface area (Å²) in [6, 6.07) is 2.79. The van der Waals surface area contributed by atoms with Crippen LogP contribution in [0.2, 0.25) is 0 Å². The Balaban J connectivity index is 2.04. The lowest BCUT2D eigenvalue weighted by Crippen LogP contribution is -2.27. The Morgan fingerprint density at radius 2 is 2.16 bits per heavy atom. The number of aromatic amines is 1. The smallest absolute Gasteiger partial charge is 0.344 e. The molecule has 5 nitrogen and oxygen atoms in total. The Morgan fingerprint density at radius 1 is 1.42 bits per heavy atom. The first-order chi connectivity index (χ1) is 8.85.